The molecule has 0 saturated carbocycles. The third kappa shape index (κ3) is 3.24. The molecule has 0 fully saturated rings. The largest absolute Gasteiger partial charge is 0.311 e. The fraction of sp³-hybridized carbons (Fsp3) is 0.115. The molecule has 5 nitrogen and oxygen atoms in total. The fourth-order valence-corrected chi connectivity index (χ4v) is 4.05. The summed E-state index contributed by atoms with van der Waals surface area (Å²) in [6.45, 7) is 2.38. The van der Waals surface area contributed by atoms with Crippen LogP contribution in [0.25, 0.3) is 22.6 Å². The Morgan fingerprint density at radius 1 is 0.935 bits per heavy atom. The van der Waals surface area contributed by atoms with Gasteiger partial charge in [-0.05, 0) is 42.8 Å². The number of likely N-dealkylation sites (N-methyl/N-ethyl adjacent to an activating group) is 1. The lowest BCUT2D eigenvalue weighted by atomic mass is 10.0. The van der Waals surface area contributed by atoms with Crippen molar-refractivity contribution in [2.24, 2.45) is 0 Å². The van der Waals surface area contributed by atoms with Crippen LogP contribution >= 0.6 is 0 Å². The minimum absolute atomic E-state index is 0.103. The topological polar surface area (TPSA) is 55.2 Å². The second-order valence-corrected chi connectivity index (χ2v) is 7.81. The van der Waals surface area contributed by atoms with E-state index in [-0.39, 0.29) is 11.5 Å². The van der Waals surface area contributed by atoms with Gasteiger partial charge in [0.2, 0.25) is 0 Å². The average molecular weight is 407 g/mol. The second kappa shape index (κ2) is 7.36. The van der Waals surface area contributed by atoms with Crippen LogP contribution in [0.2, 0.25) is 0 Å². The number of fused-ring (bicyclic) bond motifs is 2. The lowest BCUT2D eigenvalue weighted by molar-refractivity contribution is -0.112. The molecular weight excluding hydrogens is 386 g/mol. The van der Waals surface area contributed by atoms with Gasteiger partial charge in [-0.1, -0.05) is 54.1 Å². The second-order valence-electron chi connectivity index (χ2n) is 7.81. The predicted molar refractivity (Wildman–Crippen MR) is 124 cm³/mol. The van der Waals surface area contributed by atoms with E-state index in [0.29, 0.717) is 28.8 Å². The normalized spacial score (nSPS) is 14.5. The van der Waals surface area contributed by atoms with Gasteiger partial charge in [0.25, 0.3) is 11.5 Å². The van der Waals surface area contributed by atoms with Crippen molar-refractivity contribution in [2.75, 3.05) is 11.9 Å². The zero-order chi connectivity index (χ0) is 21.5. The monoisotopic (exact) mass is 407 g/mol. The van der Waals surface area contributed by atoms with Crippen molar-refractivity contribution in [3.63, 3.8) is 0 Å². The lowest BCUT2D eigenvalue weighted by Crippen LogP contribution is -2.25. The van der Waals surface area contributed by atoms with Gasteiger partial charge >= 0.3 is 0 Å². The molecule has 0 N–H and O–H groups in total. The summed E-state index contributed by atoms with van der Waals surface area (Å²) in [6.07, 6.45) is 1.75. The number of para-hydroxylation sites is 1. The Morgan fingerprint density at radius 2 is 1.68 bits per heavy atom. The highest BCUT2D eigenvalue weighted by Gasteiger charge is 2.30. The third-order valence-corrected chi connectivity index (χ3v) is 5.69. The summed E-state index contributed by atoms with van der Waals surface area (Å²) in [5, 5.41) is 0.562. The van der Waals surface area contributed by atoms with E-state index in [9.17, 15) is 9.59 Å². The highest BCUT2D eigenvalue weighted by atomic mass is 16.2. The van der Waals surface area contributed by atoms with Crippen LogP contribution in [0.3, 0.4) is 0 Å². The standard InChI is InChI=1S/C26H21N3O2/c1-17-12-13-23-20(14-17)21(25(30)28(23)2)15-24-27-22-11-7-6-10-19(22)26(31)29(24)16-18-8-4-3-5-9-18/h3-15H,16H2,1-2H3/b21-15+. The molecule has 152 valence electrons. The van der Waals surface area contributed by atoms with Crippen molar-refractivity contribution in [3.8, 4) is 0 Å². The Bertz CT molecular complexity index is 1420. The Balaban J connectivity index is 1.75. The van der Waals surface area contributed by atoms with Gasteiger partial charge in [0.05, 0.1) is 28.7 Å². The number of aromatic nitrogens is 2. The number of aryl methyl sites for hydroxylation is 1. The molecule has 0 spiro atoms. The van der Waals surface area contributed by atoms with Crippen LogP contribution in [0.1, 0.15) is 22.5 Å². The number of benzene rings is 3. The van der Waals surface area contributed by atoms with Crippen molar-refractivity contribution in [2.45, 2.75) is 13.5 Å². The lowest BCUT2D eigenvalue weighted by Gasteiger charge is -2.12. The Kier molecular flexibility index (Phi) is 4.51. The summed E-state index contributed by atoms with van der Waals surface area (Å²) in [5.74, 6) is 0.368. The number of nitrogens with zero attached hydrogens (tertiary/aromatic N) is 3. The molecule has 4 aromatic rings. The first-order valence-corrected chi connectivity index (χ1v) is 10.2. The SMILES string of the molecule is Cc1ccc2c(c1)/C(=C\c1nc3ccccc3c(=O)n1Cc1ccccc1)C(=O)N2C. The number of rotatable bonds is 3. The van der Waals surface area contributed by atoms with Crippen molar-refractivity contribution >= 4 is 34.1 Å². The maximum absolute atomic E-state index is 13.4. The molecular formula is C26H21N3O2. The van der Waals surface area contributed by atoms with Gasteiger partial charge in [0.15, 0.2) is 0 Å². The smallest absolute Gasteiger partial charge is 0.261 e. The van der Waals surface area contributed by atoms with E-state index >= 15 is 0 Å². The van der Waals surface area contributed by atoms with Gasteiger partial charge < -0.3 is 4.90 Å². The summed E-state index contributed by atoms with van der Waals surface area (Å²) in [5.41, 5.74) is 4.83. The number of carbonyl (C=O) groups is 1. The molecule has 0 saturated heterocycles. The summed E-state index contributed by atoms with van der Waals surface area (Å²) >= 11 is 0. The van der Waals surface area contributed by atoms with Crippen LogP contribution in [0, 0.1) is 6.92 Å². The number of hydrogen-bond donors (Lipinski definition) is 0. The van der Waals surface area contributed by atoms with Gasteiger partial charge in [0, 0.05) is 12.6 Å². The van der Waals surface area contributed by atoms with Gasteiger partial charge in [-0.15, -0.1) is 0 Å². The van der Waals surface area contributed by atoms with Gasteiger partial charge in [-0.2, -0.15) is 0 Å². The van der Waals surface area contributed by atoms with Crippen LogP contribution in [0.5, 0.6) is 0 Å². The molecule has 0 radical (unpaired) electrons. The van der Waals surface area contributed by atoms with Crippen LogP contribution in [-0.4, -0.2) is 22.5 Å². The van der Waals surface area contributed by atoms with Gasteiger partial charge in [-0.3, -0.25) is 14.2 Å². The highest BCUT2D eigenvalue weighted by Crippen LogP contribution is 2.37. The van der Waals surface area contributed by atoms with Crippen molar-refractivity contribution in [1.82, 2.24) is 9.55 Å². The van der Waals surface area contributed by atoms with E-state index < -0.39 is 0 Å². The van der Waals surface area contributed by atoms with E-state index in [1.807, 2.05) is 73.7 Å². The fourth-order valence-electron chi connectivity index (χ4n) is 4.05. The zero-order valence-electron chi connectivity index (χ0n) is 17.4. The molecule has 5 rings (SSSR count). The van der Waals surface area contributed by atoms with Crippen molar-refractivity contribution in [1.29, 1.82) is 0 Å². The van der Waals surface area contributed by atoms with E-state index in [1.165, 1.54) is 0 Å². The molecule has 3 aromatic carbocycles. The first-order chi connectivity index (χ1) is 15.0. The number of amides is 1. The molecule has 1 aromatic heterocycles. The number of carbonyl (C=O) groups excluding carboxylic acids is 1. The molecule has 0 unspecified atom stereocenters. The van der Waals surface area contributed by atoms with E-state index in [2.05, 4.69) is 0 Å². The van der Waals surface area contributed by atoms with Gasteiger partial charge in [0.1, 0.15) is 5.82 Å². The molecule has 5 heteroatoms. The first-order valence-electron chi connectivity index (χ1n) is 10.2. The van der Waals surface area contributed by atoms with E-state index in [1.54, 1.807) is 28.7 Å². The van der Waals surface area contributed by atoms with Crippen LogP contribution in [0.15, 0.2) is 77.6 Å². The van der Waals surface area contributed by atoms with Crippen LogP contribution < -0.4 is 10.5 Å². The minimum Gasteiger partial charge on any atom is -0.311 e. The highest BCUT2D eigenvalue weighted by molar-refractivity contribution is 6.35. The average Bonchev–Trinajstić information content (AvgIpc) is 3.01. The summed E-state index contributed by atoms with van der Waals surface area (Å²) in [4.78, 5) is 32.8. The number of hydrogen-bond acceptors (Lipinski definition) is 3. The Labute approximate surface area is 179 Å². The van der Waals surface area contributed by atoms with E-state index in [0.717, 1.165) is 22.4 Å². The van der Waals surface area contributed by atoms with Gasteiger partial charge in [-0.25, -0.2) is 4.98 Å². The van der Waals surface area contributed by atoms with Crippen molar-refractivity contribution < 1.29 is 4.79 Å². The zero-order valence-corrected chi connectivity index (χ0v) is 17.4. The van der Waals surface area contributed by atoms with E-state index in [4.69, 9.17) is 4.98 Å². The molecule has 31 heavy (non-hydrogen) atoms. The first kappa shape index (κ1) is 19.0. The quantitative estimate of drug-likeness (QED) is 0.477. The maximum Gasteiger partial charge on any atom is 0.261 e. The maximum atomic E-state index is 13.4. The molecule has 1 aliphatic rings. The summed E-state index contributed by atoms with van der Waals surface area (Å²) < 4.78 is 1.64. The molecule has 1 aliphatic heterocycles. The molecule has 0 aliphatic carbocycles. The summed E-state index contributed by atoms with van der Waals surface area (Å²) in [7, 11) is 1.77. The Hall–Kier alpha value is -3.99. The van der Waals surface area contributed by atoms with Crippen molar-refractivity contribution in [3.05, 3.63) is 106 Å². The van der Waals surface area contributed by atoms with Crippen LogP contribution in [0.4, 0.5) is 5.69 Å². The molecule has 0 atom stereocenters. The third-order valence-electron chi connectivity index (χ3n) is 5.69. The number of anilines is 1. The minimum atomic E-state index is -0.121. The predicted octanol–water partition coefficient (Wildman–Crippen LogP) is 4.27. The summed E-state index contributed by atoms with van der Waals surface area (Å²) in [6, 6.07) is 23.1. The van der Waals surface area contributed by atoms with Crippen LogP contribution in [-0.2, 0) is 11.3 Å². The Morgan fingerprint density at radius 3 is 2.48 bits per heavy atom. The molecule has 0 bridgehead atoms. The molecule has 1 amide bonds. The molecule has 2 heterocycles.